The Morgan fingerprint density at radius 3 is 2.27 bits per heavy atom. The Balaban J connectivity index is 2.09. The maximum absolute atomic E-state index is 13.8. The summed E-state index contributed by atoms with van der Waals surface area (Å²) in [5, 5.41) is 2.93. The second-order valence-electron chi connectivity index (χ2n) is 8.54. The van der Waals surface area contributed by atoms with Gasteiger partial charge in [0.05, 0.1) is 11.1 Å². The lowest BCUT2D eigenvalue weighted by Crippen LogP contribution is -2.54. The number of hydrogen-bond donors (Lipinski definition) is 1. The fourth-order valence-corrected chi connectivity index (χ4v) is 4.52. The van der Waals surface area contributed by atoms with Gasteiger partial charge in [-0.25, -0.2) is 0 Å². The third-order valence-corrected chi connectivity index (χ3v) is 6.19. The maximum atomic E-state index is 13.8. The molecule has 1 N–H and O–H groups in total. The van der Waals surface area contributed by atoms with Gasteiger partial charge >= 0.3 is 6.18 Å². The second-order valence-corrected chi connectivity index (χ2v) is 8.54. The van der Waals surface area contributed by atoms with Gasteiger partial charge in [-0.15, -0.1) is 0 Å². The number of unbranched alkanes of at least 4 members (excludes halogenated alkanes) is 1. The Morgan fingerprint density at radius 1 is 1.00 bits per heavy atom. The van der Waals surface area contributed by atoms with Crippen molar-refractivity contribution in [2.75, 3.05) is 11.4 Å². The SMILES string of the molecule is CCCCNC(=O)C(C1CCCCC1)N(C(=O)c1ccccc1C(F)(F)F)c1ccccc1. The van der Waals surface area contributed by atoms with E-state index in [-0.39, 0.29) is 11.8 Å². The van der Waals surface area contributed by atoms with Gasteiger partial charge in [0.15, 0.2) is 0 Å². The molecule has 2 aromatic carbocycles. The smallest absolute Gasteiger partial charge is 0.354 e. The number of benzene rings is 2. The predicted octanol–water partition coefficient (Wildman–Crippen LogP) is 6.22. The van der Waals surface area contributed by atoms with Crippen molar-refractivity contribution in [3.8, 4) is 0 Å². The summed E-state index contributed by atoms with van der Waals surface area (Å²) in [6.45, 7) is 2.48. The lowest BCUT2D eigenvalue weighted by Gasteiger charge is -2.38. The van der Waals surface area contributed by atoms with Crippen LogP contribution in [0.1, 0.15) is 67.8 Å². The van der Waals surface area contributed by atoms with Gasteiger partial charge in [-0.2, -0.15) is 13.2 Å². The average Bonchev–Trinajstić information content (AvgIpc) is 2.82. The zero-order valence-electron chi connectivity index (χ0n) is 18.9. The van der Waals surface area contributed by atoms with Crippen LogP contribution in [0, 0.1) is 5.92 Å². The normalized spacial score (nSPS) is 15.6. The molecule has 0 aliphatic heterocycles. The number of carbonyl (C=O) groups excluding carboxylic acids is 2. The Kier molecular flexibility index (Phi) is 8.53. The van der Waals surface area contributed by atoms with Crippen molar-refractivity contribution in [1.29, 1.82) is 0 Å². The summed E-state index contributed by atoms with van der Waals surface area (Å²) >= 11 is 0. The second kappa shape index (κ2) is 11.3. The number of nitrogens with zero attached hydrogens (tertiary/aromatic N) is 1. The molecule has 1 atom stereocenters. The number of anilines is 1. The summed E-state index contributed by atoms with van der Waals surface area (Å²) in [6.07, 6.45) is 1.43. The van der Waals surface area contributed by atoms with E-state index >= 15 is 0 Å². The van der Waals surface area contributed by atoms with E-state index in [1.165, 1.54) is 23.1 Å². The first kappa shape index (κ1) is 24.8. The molecule has 2 amide bonds. The number of carbonyl (C=O) groups is 2. The molecule has 2 aromatic rings. The zero-order valence-corrected chi connectivity index (χ0v) is 18.9. The first-order valence-corrected chi connectivity index (χ1v) is 11.7. The standard InChI is InChI=1S/C26H31F3N2O2/c1-2-3-18-30-24(32)23(19-12-6-4-7-13-19)31(20-14-8-5-9-15-20)25(33)21-16-10-11-17-22(21)26(27,28)29/h5,8-11,14-17,19,23H,2-4,6-7,12-13,18H2,1H3,(H,30,32). The van der Waals surface area contributed by atoms with Crippen LogP contribution in [-0.4, -0.2) is 24.4 Å². The summed E-state index contributed by atoms with van der Waals surface area (Å²) in [4.78, 5) is 28.5. The Morgan fingerprint density at radius 2 is 1.64 bits per heavy atom. The highest BCUT2D eigenvalue weighted by Crippen LogP contribution is 2.36. The summed E-state index contributed by atoms with van der Waals surface area (Å²) in [5.41, 5.74) is -1.03. The third-order valence-electron chi connectivity index (χ3n) is 6.19. The largest absolute Gasteiger partial charge is 0.417 e. The molecule has 0 saturated heterocycles. The van der Waals surface area contributed by atoms with Crippen LogP contribution in [0.5, 0.6) is 0 Å². The van der Waals surface area contributed by atoms with E-state index in [1.54, 1.807) is 30.3 Å². The van der Waals surface area contributed by atoms with Crippen LogP contribution in [0.25, 0.3) is 0 Å². The Hall–Kier alpha value is -2.83. The van der Waals surface area contributed by atoms with Gasteiger partial charge in [-0.05, 0) is 49.4 Å². The van der Waals surface area contributed by atoms with Gasteiger partial charge in [0.25, 0.3) is 5.91 Å². The molecule has 0 heterocycles. The molecular formula is C26H31F3N2O2. The van der Waals surface area contributed by atoms with Crippen molar-refractivity contribution in [2.24, 2.45) is 5.92 Å². The number of alkyl halides is 3. The Labute approximate surface area is 193 Å². The van der Waals surface area contributed by atoms with Gasteiger partial charge in [0, 0.05) is 12.2 Å². The minimum Gasteiger partial charge on any atom is -0.354 e. The molecule has 3 rings (SSSR count). The molecular weight excluding hydrogens is 429 g/mol. The minimum absolute atomic E-state index is 0.123. The molecule has 33 heavy (non-hydrogen) atoms. The molecule has 1 aliphatic carbocycles. The summed E-state index contributed by atoms with van der Waals surface area (Å²) < 4.78 is 41.2. The monoisotopic (exact) mass is 460 g/mol. The van der Waals surface area contributed by atoms with Crippen LogP contribution in [0.4, 0.5) is 18.9 Å². The number of para-hydroxylation sites is 1. The molecule has 1 aliphatic rings. The number of amides is 2. The van der Waals surface area contributed by atoms with Crippen molar-refractivity contribution in [2.45, 2.75) is 64.1 Å². The van der Waals surface area contributed by atoms with E-state index in [1.807, 2.05) is 6.92 Å². The summed E-state index contributed by atoms with van der Waals surface area (Å²) in [5.74, 6) is -1.24. The van der Waals surface area contributed by atoms with Crippen molar-refractivity contribution < 1.29 is 22.8 Å². The van der Waals surface area contributed by atoms with Crippen LogP contribution in [0.2, 0.25) is 0 Å². The highest BCUT2D eigenvalue weighted by Gasteiger charge is 2.41. The van der Waals surface area contributed by atoms with E-state index in [0.717, 1.165) is 51.0 Å². The van der Waals surface area contributed by atoms with Crippen LogP contribution < -0.4 is 10.2 Å². The van der Waals surface area contributed by atoms with E-state index in [4.69, 9.17) is 0 Å². The van der Waals surface area contributed by atoms with Gasteiger partial charge in [0.1, 0.15) is 6.04 Å². The highest BCUT2D eigenvalue weighted by atomic mass is 19.4. The van der Waals surface area contributed by atoms with Crippen LogP contribution >= 0.6 is 0 Å². The van der Waals surface area contributed by atoms with Crippen LogP contribution in [0.15, 0.2) is 54.6 Å². The first-order valence-electron chi connectivity index (χ1n) is 11.7. The molecule has 1 unspecified atom stereocenters. The lowest BCUT2D eigenvalue weighted by atomic mass is 9.82. The predicted molar refractivity (Wildman–Crippen MR) is 123 cm³/mol. The number of halogens is 3. The molecule has 178 valence electrons. The van der Waals surface area contributed by atoms with Gasteiger partial charge < -0.3 is 5.32 Å². The van der Waals surface area contributed by atoms with E-state index < -0.39 is 29.3 Å². The summed E-state index contributed by atoms with van der Waals surface area (Å²) in [7, 11) is 0. The van der Waals surface area contributed by atoms with E-state index in [2.05, 4.69) is 5.32 Å². The molecule has 0 radical (unpaired) electrons. The van der Waals surface area contributed by atoms with E-state index in [0.29, 0.717) is 12.2 Å². The van der Waals surface area contributed by atoms with Gasteiger partial charge in [0.2, 0.25) is 5.91 Å². The van der Waals surface area contributed by atoms with Crippen molar-refractivity contribution in [3.63, 3.8) is 0 Å². The molecule has 0 aromatic heterocycles. The summed E-state index contributed by atoms with van der Waals surface area (Å²) in [6, 6.07) is 12.5. The number of rotatable bonds is 8. The lowest BCUT2D eigenvalue weighted by molar-refractivity contribution is -0.137. The maximum Gasteiger partial charge on any atom is 0.417 e. The van der Waals surface area contributed by atoms with Crippen molar-refractivity contribution in [1.82, 2.24) is 5.32 Å². The molecule has 0 bridgehead atoms. The average molecular weight is 461 g/mol. The first-order chi connectivity index (χ1) is 15.8. The van der Waals surface area contributed by atoms with Crippen LogP contribution in [0.3, 0.4) is 0 Å². The minimum atomic E-state index is -4.68. The van der Waals surface area contributed by atoms with Crippen LogP contribution in [-0.2, 0) is 11.0 Å². The number of nitrogens with one attached hydrogen (secondary N) is 1. The van der Waals surface area contributed by atoms with Crippen molar-refractivity contribution in [3.05, 3.63) is 65.7 Å². The number of hydrogen-bond acceptors (Lipinski definition) is 2. The third kappa shape index (κ3) is 6.15. The van der Waals surface area contributed by atoms with E-state index in [9.17, 15) is 22.8 Å². The molecule has 1 saturated carbocycles. The molecule has 0 spiro atoms. The molecule has 7 heteroatoms. The van der Waals surface area contributed by atoms with Crippen molar-refractivity contribution >= 4 is 17.5 Å². The topological polar surface area (TPSA) is 49.4 Å². The molecule has 1 fully saturated rings. The molecule has 4 nitrogen and oxygen atoms in total. The fraction of sp³-hybridized carbons (Fsp3) is 0.462. The quantitative estimate of drug-likeness (QED) is 0.476. The van der Waals surface area contributed by atoms with Gasteiger partial charge in [-0.3, -0.25) is 14.5 Å². The zero-order chi connectivity index (χ0) is 23.8. The van der Waals surface area contributed by atoms with Gasteiger partial charge in [-0.1, -0.05) is 62.9 Å². The fourth-order valence-electron chi connectivity index (χ4n) is 4.52. The Bertz CT molecular complexity index is 925. The highest BCUT2D eigenvalue weighted by molar-refractivity contribution is 6.10.